The minimum atomic E-state index is -1.53. The van der Waals surface area contributed by atoms with Crippen molar-refractivity contribution in [2.24, 2.45) is 5.73 Å². The number of para-hydroxylation sites is 1. The summed E-state index contributed by atoms with van der Waals surface area (Å²) in [6, 6.07) is 10.6. The van der Waals surface area contributed by atoms with E-state index in [4.69, 9.17) is 10.8 Å². The lowest BCUT2D eigenvalue weighted by Gasteiger charge is -2.26. The normalized spacial score (nSPS) is 14.6. The summed E-state index contributed by atoms with van der Waals surface area (Å²) in [5.74, 6) is -4.98. The fourth-order valence-electron chi connectivity index (χ4n) is 4.39. The van der Waals surface area contributed by atoms with Crippen LogP contribution in [0.25, 0.3) is 10.9 Å². The van der Waals surface area contributed by atoms with Crippen LogP contribution in [0.1, 0.15) is 30.9 Å². The van der Waals surface area contributed by atoms with Crippen LogP contribution in [-0.2, 0) is 36.8 Å². The number of carboxylic acids is 2. The molecule has 1 heterocycles. The highest BCUT2D eigenvalue weighted by Gasteiger charge is 2.33. The third-order valence-corrected chi connectivity index (χ3v) is 6.70. The molecule has 42 heavy (non-hydrogen) atoms. The number of carbonyl (C=O) groups excluding carboxylic acids is 3. The van der Waals surface area contributed by atoms with Crippen molar-refractivity contribution < 1.29 is 39.3 Å². The predicted octanol–water partition coefficient (Wildman–Crippen LogP) is 0.0650. The van der Waals surface area contributed by atoms with E-state index in [9.17, 15) is 34.2 Å². The fraction of sp³-hybridized carbons (Fsp3) is 0.345. The van der Waals surface area contributed by atoms with Gasteiger partial charge in [0.1, 0.15) is 18.1 Å². The number of rotatable bonds is 15. The SMILES string of the molecule is CC(O)C(NC(=O)C(N)CCC(=O)O)C(=O)NC(Cc1ccccc1)C(=O)NC(Cc1c[nH]c2ccccc12)C(=O)O. The van der Waals surface area contributed by atoms with Crippen LogP contribution in [0.2, 0.25) is 0 Å². The molecule has 3 aromatic rings. The predicted molar refractivity (Wildman–Crippen MR) is 152 cm³/mol. The minimum absolute atomic E-state index is 0.0174. The van der Waals surface area contributed by atoms with Gasteiger partial charge in [0.25, 0.3) is 0 Å². The van der Waals surface area contributed by atoms with Crippen LogP contribution < -0.4 is 21.7 Å². The average Bonchev–Trinajstić information content (AvgIpc) is 3.36. The molecule has 224 valence electrons. The van der Waals surface area contributed by atoms with Gasteiger partial charge in [-0.2, -0.15) is 0 Å². The van der Waals surface area contributed by atoms with Gasteiger partial charge in [0.05, 0.1) is 12.1 Å². The number of hydrogen-bond donors (Lipinski definition) is 8. The summed E-state index contributed by atoms with van der Waals surface area (Å²) in [6.07, 6.45) is -0.347. The molecule has 0 aliphatic rings. The second-order valence-corrected chi connectivity index (χ2v) is 9.98. The number of carbonyl (C=O) groups is 5. The lowest BCUT2D eigenvalue weighted by atomic mass is 10.0. The maximum absolute atomic E-state index is 13.4. The Morgan fingerprint density at radius 3 is 2.12 bits per heavy atom. The van der Waals surface area contributed by atoms with Crippen LogP contribution >= 0.6 is 0 Å². The van der Waals surface area contributed by atoms with E-state index in [1.807, 2.05) is 24.3 Å². The Balaban J connectivity index is 1.78. The van der Waals surface area contributed by atoms with Crippen molar-refractivity contribution in [1.82, 2.24) is 20.9 Å². The summed E-state index contributed by atoms with van der Waals surface area (Å²) in [4.78, 5) is 65.1. The van der Waals surface area contributed by atoms with Crippen LogP contribution in [0.5, 0.6) is 0 Å². The number of amides is 3. The molecule has 0 fully saturated rings. The number of aliphatic carboxylic acids is 2. The number of nitrogens with two attached hydrogens (primary N) is 1. The smallest absolute Gasteiger partial charge is 0.326 e. The summed E-state index contributed by atoms with van der Waals surface area (Å²) in [5.41, 5.74) is 7.88. The molecule has 0 radical (unpaired) electrons. The van der Waals surface area contributed by atoms with Gasteiger partial charge in [-0.05, 0) is 30.5 Å². The monoisotopic (exact) mass is 581 g/mol. The summed E-state index contributed by atoms with van der Waals surface area (Å²) in [7, 11) is 0. The van der Waals surface area contributed by atoms with E-state index in [0.717, 1.165) is 10.9 Å². The highest BCUT2D eigenvalue weighted by molar-refractivity contribution is 5.95. The Kier molecular flexibility index (Phi) is 11.2. The first-order valence-corrected chi connectivity index (χ1v) is 13.3. The third kappa shape index (κ3) is 8.88. The fourth-order valence-corrected chi connectivity index (χ4v) is 4.39. The van der Waals surface area contributed by atoms with Crippen molar-refractivity contribution in [3.05, 3.63) is 71.9 Å². The number of benzene rings is 2. The second kappa shape index (κ2) is 14.8. The number of hydrogen-bond acceptors (Lipinski definition) is 7. The molecule has 3 rings (SSSR count). The minimum Gasteiger partial charge on any atom is -0.481 e. The van der Waals surface area contributed by atoms with E-state index in [-0.39, 0.29) is 25.7 Å². The zero-order chi connectivity index (χ0) is 30.8. The first-order valence-electron chi connectivity index (χ1n) is 13.3. The molecule has 5 unspecified atom stereocenters. The van der Waals surface area contributed by atoms with Crippen LogP contribution in [0.15, 0.2) is 60.8 Å². The van der Waals surface area contributed by atoms with Gasteiger partial charge < -0.3 is 42.0 Å². The van der Waals surface area contributed by atoms with Gasteiger partial charge in [0.15, 0.2) is 0 Å². The molecule has 5 atom stereocenters. The highest BCUT2D eigenvalue weighted by Crippen LogP contribution is 2.19. The Labute approximate surface area is 241 Å². The lowest BCUT2D eigenvalue weighted by molar-refractivity contribution is -0.142. The zero-order valence-electron chi connectivity index (χ0n) is 22.9. The van der Waals surface area contributed by atoms with Gasteiger partial charge in [-0.15, -0.1) is 0 Å². The summed E-state index contributed by atoms with van der Waals surface area (Å²) in [5, 5.41) is 37.1. The van der Waals surface area contributed by atoms with E-state index in [1.165, 1.54) is 6.92 Å². The Hall–Kier alpha value is -4.75. The Morgan fingerprint density at radius 2 is 1.48 bits per heavy atom. The van der Waals surface area contributed by atoms with E-state index in [1.54, 1.807) is 36.5 Å². The first kappa shape index (κ1) is 31.8. The van der Waals surface area contributed by atoms with E-state index in [0.29, 0.717) is 11.1 Å². The molecular weight excluding hydrogens is 546 g/mol. The van der Waals surface area contributed by atoms with Gasteiger partial charge >= 0.3 is 11.9 Å². The maximum Gasteiger partial charge on any atom is 0.326 e. The molecule has 0 aliphatic heterocycles. The van der Waals surface area contributed by atoms with Crippen molar-refractivity contribution in [3.63, 3.8) is 0 Å². The van der Waals surface area contributed by atoms with Crippen molar-refractivity contribution in [1.29, 1.82) is 0 Å². The van der Waals surface area contributed by atoms with Gasteiger partial charge in [-0.3, -0.25) is 19.2 Å². The summed E-state index contributed by atoms with van der Waals surface area (Å²) >= 11 is 0. The van der Waals surface area contributed by atoms with Crippen molar-refractivity contribution in [3.8, 4) is 0 Å². The van der Waals surface area contributed by atoms with Crippen molar-refractivity contribution in [2.75, 3.05) is 0 Å². The topological polar surface area (TPSA) is 224 Å². The number of nitrogens with one attached hydrogen (secondary N) is 4. The molecule has 0 saturated carbocycles. The quantitative estimate of drug-likeness (QED) is 0.121. The number of H-pyrrole nitrogens is 1. The van der Waals surface area contributed by atoms with Crippen molar-refractivity contribution >= 4 is 40.6 Å². The molecule has 0 saturated heterocycles. The third-order valence-electron chi connectivity index (χ3n) is 6.70. The van der Waals surface area contributed by atoms with Gasteiger partial charge in [-0.1, -0.05) is 48.5 Å². The molecular formula is C29H35N5O8. The Bertz CT molecular complexity index is 1410. The largest absolute Gasteiger partial charge is 0.481 e. The van der Waals surface area contributed by atoms with Crippen LogP contribution in [0.3, 0.4) is 0 Å². The number of aliphatic hydroxyl groups is 1. The van der Waals surface area contributed by atoms with Crippen LogP contribution in [-0.4, -0.2) is 80.2 Å². The van der Waals surface area contributed by atoms with Crippen LogP contribution in [0.4, 0.5) is 0 Å². The molecule has 13 nitrogen and oxygen atoms in total. The molecule has 9 N–H and O–H groups in total. The van der Waals surface area contributed by atoms with Gasteiger partial charge in [0, 0.05) is 36.4 Å². The van der Waals surface area contributed by atoms with Crippen LogP contribution in [0, 0.1) is 0 Å². The van der Waals surface area contributed by atoms with E-state index < -0.39 is 59.9 Å². The number of aliphatic hydroxyl groups excluding tert-OH is 1. The molecule has 0 aliphatic carbocycles. The lowest BCUT2D eigenvalue weighted by Crippen LogP contribution is -2.60. The highest BCUT2D eigenvalue weighted by atomic mass is 16.4. The molecule has 0 spiro atoms. The second-order valence-electron chi connectivity index (χ2n) is 9.98. The number of fused-ring (bicyclic) bond motifs is 1. The molecule has 2 aromatic carbocycles. The van der Waals surface area contributed by atoms with Gasteiger partial charge in [0.2, 0.25) is 17.7 Å². The first-order chi connectivity index (χ1) is 20.0. The summed E-state index contributed by atoms with van der Waals surface area (Å²) in [6.45, 7) is 1.25. The average molecular weight is 582 g/mol. The zero-order valence-corrected chi connectivity index (χ0v) is 22.9. The number of aromatic amines is 1. The number of aromatic nitrogens is 1. The molecule has 0 bridgehead atoms. The Morgan fingerprint density at radius 1 is 0.833 bits per heavy atom. The molecule has 1 aromatic heterocycles. The standard InChI is InChI=1S/C29H35N5O8/c1-16(35)25(34-26(38)20(30)11-12-24(36)37)28(40)32-22(13-17-7-3-2-4-8-17)27(39)33-23(29(41)42)14-18-15-31-21-10-6-5-9-19(18)21/h2-10,15-16,20,22-23,25,31,35H,11-14,30H2,1H3,(H,32,40)(H,33,39)(H,34,38)(H,36,37)(H,41,42). The molecule has 13 heteroatoms. The van der Waals surface area contributed by atoms with Gasteiger partial charge in [-0.25, -0.2) is 4.79 Å². The number of carboxylic acid groups (broad SMARTS) is 2. The summed E-state index contributed by atoms with van der Waals surface area (Å²) < 4.78 is 0. The van der Waals surface area contributed by atoms with E-state index in [2.05, 4.69) is 20.9 Å². The molecule has 3 amide bonds. The maximum atomic E-state index is 13.4. The van der Waals surface area contributed by atoms with Crippen molar-refractivity contribution in [2.45, 2.75) is 62.9 Å². The van der Waals surface area contributed by atoms with E-state index >= 15 is 0 Å².